The van der Waals surface area contributed by atoms with Crippen LogP contribution in [0.3, 0.4) is 0 Å². The maximum atomic E-state index is 12.4. The summed E-state index contributed by atoms with van der Waals surface area (Å²) in [7, 11) is 0. The third-order valence-corrected chi connectivity index (χ3v) is 2.02. The average Bonchev–Trinajstić information content (AvgIpc) is 2.00. The monoisotopic (exact) mass is 219 g/mol. The van der Waals surface area contributed by atoms with Crippen molar-refractivity contribution in [3.05, 3.63) is 29.3 Å². The Hall–Kier alpha value is -1.23. The van der Waals surface area contributed by atoms with E-state index in [1.165, 1.54) is 13.8 Å². The van der Waals surface area contributed by atoms with Gasteiger partial charge in [-0.05, 0) is 32.0 Å². The smallest absolute Gasteiger partial charge is 0.416 e. The van der Waals surface area contributed by atoms with Gasteiger partial charge >= 0.3 is 6.18 Å². The van der Waals surface area contributed by atoms with E-state index in [-0.39, 0.29) is 11.3 Å². The van der Waals surface area contributed by atoms with Crippen LogP contribution >= 0.6 is 0 Å². The van der Waals surface area contributed by atoms with Gasteiger partial charge < -0.3 is 10.8 Å². The fraction of sp³-hybridized carbons (Fsp3) is 0.400. The lowest BCUT2D eigenvalue weighted by atomic mass is 9.93. The van der Waals surface area contributed by atoms with E-state index in [0.29, 0.717) is 0 Å². The van der Waals surface area contributed by atoms with E-state index in [1.807, 2.05) is 0 Å². The molecule has 0 bridgehead atoms. The predicted octanol–water partition coefficient (Wildman–Crippen LogP) is 2.60. The van der Waals surface area contributed by atoms with E-state index < -0.39 is 17.3 Å². The maximum Gasteiger partial charge on any atom is 0.416 e. The third kappa shape index (κ3) is 2.62. The topological polar surface area (TPSA) is 46.2 Å². The van der Waals surface area contributed by atoms with Gasteiger partial charge in [0, 0.05) is 11.1 Å². The van der Waals surface area contributed by atoms with Crippen LogP contribution in [0.15, 0.2) is 18.2 Å². The van der Waals surface area contributed by atoms with E-state index in [0.717, 1.165) is 18.2 Å². The van der Waals surface area contributed by atoms with E-state index in [9.17, 15) is 18.3 Å². The Bertz CT molecular complexity index is 366. The maximum absolute atomic E-state index is 12.4. The molecule has 1 rings (SSSR count). The lowest BCUT2D eigenvalue weighted by Crippen LogP contribution is -2.29. The van der Waals surface area contributed by atoms with E-state index in [4.69, 9.17) is 5.73 Å². The fourth-order valence-corrected chi connectivity index (χ4v) is 1.23. The van der Waals surface area contributed by atoms with E-state index in [2.05, 4.69) is 0 Å². The zero-order valence-corrected chi connectivity index (χ0v) is 8.39. The second-order valence-corrected chi connectivity index (χ2v) is 3.95. The van der Waals surface area contributed by atoms with Crippen LogP contribution in [0.2, 0.25) is 0 Å². The molecule has 0 atom stereocenters. The Morgan fingerprint density at radius 3 is 2.13 bits per heavy atom. The molecule has 0 radical (unpaired) electrons. The number of aromatic hydroxyl groups is 1. The molecular weight excluding hydrogens is 207 g/mol. The number of nitrogens with two attached hydrogens (primary N) is 1. The molecule has 0 fully saturated rings. The summed E-state index contributed by atoms with van der Waals surface area (Å²) >= 11 is 0. The first-order chi connectivity index (χ1) is 6.62. The highest BCUT2D eigenvalue weighted by atomic mass is 19.4. The Morgan fingerprint density at radius 1 is 1.20 bits per heavy atom. The number of alkyl halides is 3. The van der Waals surface area contributed by atoms with Gasteiger partial charge in [-0.2, -0.15) is 13.2 Å². The minimum atomic E-state index is -4.42. The third-order valence-electron chi connectivity index (χ3n) is 2.02. The minimum Gasteiger partial charge on any atom is -0.508 e. The number of halogens is 3. The molecule has 5 heteroatoms. The molecule has 0 saturated heterocycles. The van der Waals surface area contributed by atoms with Crippen molar-refractivity contribution in [3.63, 3.8) is 0 Å². The van der Waals surface area contributed by atoms with Gasteiger partial charge in [-0.15, -0.1) is 0 Å². The molecule has 0 aromatic heterocycles. The van der Waals surface area contributed by atoms with Crippen molar-refractivity contribution >= 4 is 0 Å². The molecule has 0 spiro atoms. The summed E-state index contributed by atoms with van der Waals surface area (Å²) in [5.41, 5.74) is 3.90. The predicted molar refractivity (Wildman–Crippen MR) is 50.3 cm³/mol. The molecule has 0 aliphatic rings. The molecule has 1 aromatic rings. The highest BCUT2D eigenvalue weighted by Crippen LogP contribution is 2.35. The molecule has 0 heterocycles. The van der Waals surface area contributed by atoms with E-state index >= 15 is 0 Å². The van der Waals surface area contributed by atoms with Gasteiger partial charge in [-0.3, -0.25) is 0 Å². The van der Waals surface area contributed by atoms with E-state index in [1.54, 1.807) is 0 Å². The van der Waals surface area contributed by atoms with Gasteiger partial charge in [0.05, 0.1) is 5.56 Å². The summed E-state index contributed by atoms with van der Waals surface area (Å²) in [5, 5.41) is 9.39. The molecule has 0 saturated carbocycles. The van der Waals surface area contributed by atoms with Gasteiger partial charge in [-0.1, -0.05) is 0 Å². The van der Waals surface area contributed by atoms with Crippen molar-refractivity contribution in [1.82, 2.24) is 0 Å². The summed E-state index contributed by atoms with van der Waals surface area (Å²) in [5.74, 6) is -0.226. The first-order valence-corrected chi connectivity index (χ1v) is 4.32. The molecule has 0 unspecified atom stereocenters. The fourth-order valence-electron chi connectivity index (χ4n) is 1.23. The highest BCUT2D eigenvalue weighted by molar-refractivity contribution is 5.41. The number of benzene rings is 1. The van der Waals surface area contributed by atoms with Crippen molar-refractivity contribution in [2.75, 3.05) is 0 Å². The number of hydrogen-bond acceptors (Lipinski definition) is 2. The molecule has 3 N–H and O–H groups in total. The Balaban J connectivity index is 3.30. The minimum absolute atomic E-state index is 0.0809. The van der Waals surface area contributed by atoms with Crippen molar-refractivity contribution < 1.29 is 18.3 Å². The number of phenolic OH excluding ortho intramolecular Hbond substituents is 1. The molecule has 0 aliphatic heterocycles. The van der Waals surface area contributed by atoms with Gasteiger partial charge in [0.15, 0.2) is 0 Å². The highest BCUT2D eigenvalue weighted by Gasteiger charge is 2.32. The molecule has 0 amide bonds. The van der Waals surface area contributed by atoms with Crippen LogP contribution in [0, 0.1) is 0 Å². The largest absolute Gasteiger partial charge is 0.508 e. The standard InChI is InChI=1S/C10H12F3NO/c1-9(2,14)7-5-6(10(11,12)13)3-4-8(7)15/h3-5,15H,14H2,1-2H3. The second kappa shape index (κ2) is 3.41. The Labute approximate surface area is 85.5 Å². The van der Waals surface area contributed by atoms with Gasteiger partial charge in [0.1, 0.15) is 5.75 Å². The molecule has 0 aliphatic carbocycles. The van der Waals surface area contributed by atoms with Crippen molar-refractivity contribution in [2.24, 2.45) is 5.73 Å². The number of rotatable bonds is 1. The van der Waals surface area contributed by atoms with Crippen molar-refractivity contribution in [1.29, 1.82) is 0 Å². The first-order valence-electron chi connectivity index (χ1n) is 4.32. The van der Waals surface area contributed by atoms with Crippen molar-refractivity contribution in [3.8, 4) is 5.75 Å². The number of phenols is 1. The second-order valence-electron chi connectivity index (χ2n) is 3.95. The van der Waals surface area contributed by atoms with Gasteiger partial charge in [0.25, 0.3) is 0 Å². The summed E-state index contributed by atoms with van der Waals surface area (Å²) in [4.78, 5) is 0. The lowest BCUT2D eigenvalue weighted by Gasteiger charge is -2.21. The molecule has 2 nitrogen and oxygen atoms in total. The van der Waals surface area contributed by atoms with Crippen LogP contribution in [-0.4, -0.2) is 5.11 Å². The van der Waals surface area contributed by atoms with Gasteiger partial charge in [-0.25, -0.2) is 0 Å². The zero-order valence-electron chi connectivity index (χ0n) is 8.39. The lowest BCUT2D eigenvalue weighted by molar-refractivity contribution is -0.137. The van der Waals surface area contributed by atoms with Crippen LogP contribution in [0.5, 0.6) is 5.75 Å². The van der Waals surface area contributed by atoms with Crippen LogP contribution < -0.4 is 5.73 Å². The SMILES string of the molecule is CC(C)(N)c1cc(C(F)(F)F)ccc1O. The molecule has 15 heavy (non-hydrogen) atoms. The molecule has 84 valence electrons. The molecular formula is C10H12F3NO. The molecule has 1 aromatic carbocycles. The van der Waals surface area contributed by atoms with Crippen LogP contribution in [0.25, 0.3) is 0 Å². The zero-order chi connectivity index (χ0) is 11.9. The van der Waals surface area contributed by atoms with Crippen molar-refractivity contribution in [2.45, 2.75) is 25.6 Å². The normalized spacial score (nSPS) is 12.9. The average molecular weight is 219 g/mol. The summed E-state index contributed by atoms with van der Waals surface area (Å²) in [6.07, 6.45) is -4.42. The van der Waals surface area contributed by atoms with Crippen LogP contribution in [-0.2, 0) is 11.7 Å². The van der Waals surface area contributed by atoms with Crippen LogP contribution in [0.1, 0.15) is 25.0 Å². The van der Waals surface area contributed by atoms with Gasteiger partial charge in [0.2, 0.25) is 0 Å². The number of hydrogen-bond donors (Lipinski definition) is 2. The summed E-state index contributed by atoms with van der Waals surface area (Å²) in [6, 6.07) is 2.70. The Kier molecular flexibility index (Phi) is 2.69. The summed E-state index contributed by atoms with van der Waals surface area (Å²) < 4.78 is 37.1. The quantitative estimate of drug-likeness (QED) is 0.762. The summed E-state index contributed by atoms with van der Waals surface area (Å²) in [6.45, 7) is 3.06. The van der Waals surface area contributed by atoms with Crippen LogP contribution in [0.4, 0.5) is 13.2 Å². The first kappa shape index (κ1) is 11.8. The Morgan fingerprint density at radius 2 is 1.73 bits per heavy atom.